The Morgan fingerprint density at radius 3 is 2.95 bits per heavy atom. The number of para-hydroxylation sites is 1. The van der Waals surface area contributed by atoms with Gasteiger partial charge >= 0.3 is 0 Å². The molecule has 0 radical (unpaired) electrons. The Morgan fingerprint density at radius 1 is 1.26 bits per heavy atom. The smallest absolute Gasteiger partial charge is 0.265 e. The van der Waals surface area contributed by atoms with Gasteiger partial charge in [-0.3, -0.25) is 4.40 Å². The standard InChI is InChI=1S/C13H12N4O2/c1-9-15-16-12-13(14-6-7-17(9)12)19-11-5-3-2-4-10(11)8-18/h2-7,18H,8H2,1H3. The predicted molar refractivity (Wildman–Crippen MR) is 68.0 cm³/mol. The minimum absolute atomic E-state index is 0.0923. The molecule has 0 aliphatic carbocycles. The first-order valence-corrected chi connectivity index (χ1v) is 5.82. The molecule has 0 saturated carbocycles. The lowest BCUT2D eigenvalue weighted by molar-refractivity contribution is 0.276. The molecule has 0 fully saturated rings. The van der Waals surface area contributed by atoms with Crippen LogP contribution in [0.15, 0.2) is 36.7 Å². The van der Waals surface area contributed by atoms with Crippen LogP contribution in [0.25, 0.3) is 5.65 Å². The van der Waals surface area contributed by atoms with E-state index in [9.17, 15) is 5.11 Å². The predicted octanol–water partition coefficient (Wildman–Crippen LogP) is 1.72. The number of hydrogen-bond acceptors (Lipinski definition) is 5. The van der Waals surface area contributed by atoms with Gasteiger partial charge in [0.2, 0.25) is 5.65 Å². The zero-order chi connectivity index (χ0) is 13.2. The highest BCUT2D eigenvalue weighted by atomic mass is 16.5. The van der Waals surface area contributed by atoms with E-state index in [1.165, 1.54) is 0 Å². The van der Waals surface area contributed by atoms with Gasteiger partial charge in [0.1, 0.15) is 11.6 Å². The molecule has 0 aliphatic heterocycles. The molecule has 0 aliphatic rings. The molecule has 1 N–H and O–H groups in total. The third-order valence-corrected chi connectivity index (χ3v) is 2.81. The lowest BCUT2D eigenvalue weighted by Gasteiger charge is -2.08. The Morgan fingerprint density at radius 2 is 2.11 bits per heavy atom. The van der Waals surface area contributed by atoms with E-state index >= 15 is 0 Å². The number of aromatic nitrogens is 4. The molecule has 0 atom stereocenters. The first-order valence-electron chi connectivity index (χ1n) is 5.82. The number of nitrogens with zero attached hydrogens (tertiary/aromatic N) is 4. The van der Waals surface area contributed by atoms with Crippen LogP contribution in [0.2, 0.25) is 0 Å². The SMILES string of the molecule is Cc1nnc2c(Oc3ccccc3CO)nccn12. The summed E-state index contributed by atoms with van der Waals surface area (Å²) in [7, 11) is 0. The second-order valence-electron chi connectivity index (χ2n) is 4.04. The molecule has 2 aromatic heterocycles. The van der Waals surface area contributed by atoms with E-state index in [1.807, 2.05) is 19.1 Å². The number of aliphatic hydroxyl groups excluding tert-OH is 1. The van der Waals surface area contributed by atoms with E-state index in [2.05, 4.69) is 15.2 Å². The maximum Gasteiger partial charge on any atom is 0.265 e. The number of hydrogen-bond donors (Lipinski definition) is 1. The number of rotatable bonds is 3. The summed E-state index contributed by atoms with van der Waals surface area (Å²) in [6.45, 7) is 1.76. The molecule has 2 heterocycles. The van der Waals surface area contributed by atoms with E-state index in [0.717, 1.165) is 5.82 Å². The Balaban J connectivity index is 2.06. The molecule has 0 spiro atoms. The van der Waals surface area contributed by atoms with Gasteiger partial charge in [-0.1, -0.05) is 18.2 Å². The fraction of sp³-hybridized carbons (Fsp3) is 0.154. The highest BCUT2D eigenvalue weighted by molar-refractivity contribution is 5.51. The third kappa shape index (κ3) is 2.02. The average Bonchev–Trinajstić information content (AvgIpc) is 2.82. The number of aryl methyl sites for hydroxylation is 1. The number of fused-ring (bicyclic) bond motifs is 1. The van der Waals surface area contributed by atoms with Crippen molar-refractivity contribution in [1.29, 1.82) is 0 Å². The Bertz CT molecular complexity index is 723. The zero-order valence-corrected chi connectivity index (χ0v) is 10.3. The summed E-state index contributed by atoms with van der Waals surface area (Å²) in [5.74, 6) is 1.69. The van der Waals surface area contributed by atoms with Crippen molar-refractivity contribution in [2.75, 3.05) is 0 Å². The molecule has 96 valence electrons. The zero-order valence-electron chi connectivity index (χ0n) is 10.3. The van der Waals surface area contributed by atoms with Gasteiger partial charge in [0.15, 0.2) is 0 Å². The second-order valence-corrected chi connectivity index (χ2v) is 4.04. The van der Waals surface area contributed by atoms with E-state index in [1.54, 1.807) is 28.9 Å². The molecule has 1 aromatic carbocycles. The minimum atomic E-state index is -0.0923. The Labute approximate surface area is 109 Å². The van der Waals surface area contributed by atoms with Crippen LogP contribution in [0.5, 0.6) is 11.6 Å². The van der Waals surface area contributed by atoms with E-state index in [0.29, 0.717) is 22.8 Å². The number of aliphatic hydroxyl groups is 1. The summed E-state index contributed by atoms with van der Waals surface area (Å²) < 4.78 is 7.53. The Kier molecular flexibility index (Phi) is 2.85. The van der Waals surface area contributed by atoms with Gasteiger partial charge in [0.25, 0.3) is 5.88 Å². The summed E-state index contributed by atoms with van der Waals surface area (Å²) in [5.41, 5.74) is 1.25. The van der Waals surface area contributed by atoms with Gasteiger partial charge in [0.05, 0.1) is 6.61 Å². The van der Waals surface area contributed by atoms with Crippen LogP contribution < -0.4 is 4.74 Å². The second kappa shape index (κ2) is 4.66. The maximum absolute atomic E-state index is 9.28. The average molecular weight is 256 g/mol. The fourth-order valence-electron chi connectivity index (χ4n) is 1.83. The first-order chi connectivity index (χ1) is 9.29. The van der Waals surface area contributed by atoms with Gasteiger partial charge in [-0.15, -0.1) is 10.2 Å². The monoisotopic (exact) mass is 256 g/mol. The fourth-order valence-corrected chi connectivity index (χ4v) is 1.83. The summed E-state index contributed by atoms with van der Waals surface area (Å²) in [6.07, 6.45) is 3.40. The molecule has 0 unspecified atom stereocenters. The summed E-state index contributed by atoms with van der Waals surface area (Å²) >= 11 is 0. The van der Waals surface area contributed by atoms with Crippen molar-refractivity contribution in [3.63, 3.8) is 0 Å². The summed E-state index contributed by atoms with van der Waals surface area (Å²) in [4.78, 5) is 4.16. The van der Waals surface area contributed by atoms with Crippen LogP contribution in [-0.4, -0.2) is 24.7 Å². The normalized spacial score (nSPS) is 10.8. The molecule has 6 nitrogen and oxygen atoms in total. The number of ether oxygens (including phenoxy) is 1. The number of benzene rings is 1. The molecule has 0 amide bonds. The van der Waals surface area contributed by atoms with Crippen molar-refractivity contribution in [3.8, 4) is 11.6 Å². The van der Waals surface area contributed by atoms with Crippen LogP contribution >= 0.6 is 0 Å². The van der Waals surface area contributed by atoms with Crippen LogP contribution in [0, 0.1) is 6.92 Å². The lowest BCUT2D eigenvalue weighted by atomic mass is 10.2. The van der Waals surface area contributed by atoms with Gasteiger partial charge in [-0.05, 0) is 13.0 Å². The van der Waals surface area contributed by atoms with Gasteiger partial charge in [-0.25, -0.2) is 4.98 Å². The minimum Gasteiger partial charge on any atom is -0.435 e. The van der Waals surface area contributed by atoms with Crippen molar-refractivity contribution in [1.82, 2.24) is 19.6 Å². The van der Waals surface area contributed by atoms with Gasteiger partial charge in [0, 0.05) is 18.0 Å². The van der Waals surface area contributed by atoms with Crippen LogP contribution in [0.1, 0.15) is 11.4 Å². The lowest BCUT2D eigenvalue weighted by Crippen LogP contribution is -1.97. The molecule has 3 rings (SSSR count). The van der Waals surface area contributed by atoms with E-state index < -0.39 is 0 Å². The Hall–Kier alpha value is -2.47. The molecule has 0 saturated heterocycles. The van der Waals surface area contributed by atoms with Crippen molar-refractivity contribution in [2.45, 2.75) is 13.5 Å². The van der Waals surface area contributed by atoms with Crippen molar-refractivity contribution in [2.24, 2.45) is 0 Å². The van der Waals surface area contributed by atoms with E-state index in [-0.39, 0.29) is 6.61 Å². The molecule has 3 aromatic rings. The molecule has 0 bridgehead atoms. The highest BCUT2D eigenvalue weighted by Gasteiger charge is 2.11. The van der Waals surface area contributed by atoms with Gasteiger partial charge < -0.3 is 9.84 Å². The summed E-state index contributed by atoms with van der Waals surface area (Å²) in [5, 5.41) is 17.3. The largest absolute Gasteiger partial charge is 0.435 e. The molecular formula is C13H12N4O2. The van der Waals surface area contributed by atoms with Crippen LogP contribution in [0.3, 0.4) is 0 Å². The topological polar surface area (TPSA) is 72.5 Å². The van der Waals surface area contributed by atoms with Crippen LogP contribution in [0.4, 0.5) is 0 Å². The highest BCUT2D eigenvalue weighted by Crippen LogP contribution is 2.26. The van der Waals surface area contributed by atoms with Crippen LogP contribution in [-0.2, 0) is 6.61 Å². The maximum atomic E-state index is 9.28. The van der Waals surface area contributed by atoms with Crippen molar-refractivity contribution < 1.29 is 9.84 Å². The quantitative estimate of drug-likeness (QED) is 0.772. The van der Waals surface area contributed by atoms with Crippen molar-refractivity contribution in [3.05, 3.63) is 48.0 Å². The summed E-state index contributed by atoms with van der Waals surface area (Å²) in [6, 6.07) is 7.25. The molecule has 6 heteroatoms. The third-order valence-electron chi connectivity index (χ3n) is 2.81. The first kappa shape index (κ1) is 11.6. The molecular weight excluding hydrogens is 244 g/mol. The van der Waals surface area contributed by atoms with Gasteiger partial charge in [-0.2, -0.15) is 0 Å². The van der Waals surface area contributed by atoms with E-state index in [4.69, 9.17) is 4.74 Å². The van der Waals surface area contributed by atoms with Crippen molar-refractivity contribution >= 4 is 5.65 Å². The molecule has 19 heavy (non-hydrogen) atoms.